The molecule has 0 unspecified atom stereocenters. The summed E-state index contributed by atoms with van der Waals surface area (Å²) in [5.41, 5.74) is 3.47. The van der Waals surface area contributed by atoms with Gasteiger partial charge in [0.2, 0.25) is 0 Å². The van der Waals surface area contributed by atoms with Gasteiger partial charge in [0.15, 0.2) is 0 Å². The summed E-state index contributed by atoms with van der Waals surface area (Å²) in [7, 11) is 3.42. The highest BCUT2D eigenvalue weighted by Crippen LogP contribution is 2.33. The molecule has 0 N–H and O–H groups in total. The molecule has 0 aliphatic carbocycles. The summed E-state index contributed by atoms with van der Waals surface area (Å²) in [6, 6.07) is 7.76. The fraction of sp³-hybridized carbons (Fsp3) is 0.474. The average molecular weight is 327 g/mol. The molecule has 1 aliphatic heterocycles. The molecule has 1 aromatic heterocycles. The lowest BCUT2D eigenvalue weighted by Crippen LogP contribution is -2.40. The number of carbonyl (C=O) groups excluding carboxylic acids is 1. The number of methoxy groups -OCH3 is 1. The molecular weight excluding hydrogens is 302 g/mol. The smallest absolute Gasteiger partial charge is 0.327 e. The number of piperidine rings is 1. The molecule has 1 aliphatic rings. The maximum absolute atomic E-state index is 12.4. The Morgan fingerprint density at radius 3 is 2.58 bits per heavy atom. The van der Waals surface area contributed by atoms with Crippen molar-refractivity contribution in [1.82, 2.24) is 14.7 Å². The third-order valence-electron chi connectivity index (χ3n) is 5.00. The van der Waals surface area contributed by atoms with Crippen LogP contribution in [0.4, 0.5) is 0 Å². The molecule has 1 fully saturated rings. The number of aromatic nitrogens is 2. The van der Waals surface area contributed by atoms with Crippen LogP contribution in [0.3, 0.4) is 0 Å². The second-order valence-electron chi connectivity index (χ2n) is 6.54. The Labute approximate surface area is 143 Å². The number of aryl methyl sites for hydroxylation is 2. The van der Waals surface area contributed by atoms with E-state index in [1.165, 1.54) is 12.7 Å². The number of hydrogen-bond donors (Lipinski definition) is 0. The normalized spacial score (nSPS) is 17.6. The van der Waals surface area contributed by atoms with Crippen LogP contribution in [0.2, 0.25) is 0 Å². The highest BCUT2D eigenvalue weighted by atomic mass is 16.5. The first-order chi connectivity index (χ1) is 11.6. The van der Waals surface area contributed by atoms with Crippen molar-refractivity contribution in [3.63, 3.8) is 0 Å². The van der Waals surface area contributed by atoms with Crippen molar-refractivity contribution in [1.29, 1.82) is 0 Å². The third-order valence-corrected chi connectivity index (χ3v) is 5.00. The van der Waals surface area contributed by atoms with Crippen LogP contribution in [-0.2, 0) is 16.6 Å². The van der Waals surface area contributed by atoms with Crippen LogP contribution >= 0.6 is 0 Å². The van der Waals surface area contributed by atoms with Crippen LogP contribution in [0, 0.1) is 6.92 Å². The van der Waals surface area contributed by atoms with Crippen molar-refractivity contribution >= 4 is 5.97 Å². The number of carbonyl (C=O) groups is 1. The summed E-state index contributed by atoms with van der Waals surface area (Å²) >= 11 is 0. The summed E-state index contributed by atoms with van der Waals surface area (Å²) in [6.45, 7) is 3.81. The van der Waals surface area contributed by atoms with Gasteiger partial charge >= 0.3 is 5.97 Å². The number of nitrogens with zero attached hydrogens (tertiary/aromatic N) is 3. The van der Waals surface area contributed by atoms with E-state index in [4.69, 9.17) is 4.74 Å². The summed E-state index contributed by atoms with van der Waals surface area (Å²) < 4.78 is 6.95. The van der Waals surface area contributed by atoms with Crippen molar-refractivity contribution in [2.45, 2.75) is 31.7 Å². The SMILES string of the molecule is COC(=O)[C@@H](c1ccccc1C)N1CCC(c2cnn(C)c2)CC1. The first-order valence-corrected chi connectivity index (χ1v) is 8.46. The van der Waals surface area contributed by atoms with Crippen molar-refractivity contribution in [2.75, 3.05) is 20.2 Å². The van der Waals surface area contributed by atoms with Crippen molar-refractivity contribution in [3.05, 3.63) is 53.3 Å². The quantitative estimate of drug-likeness (QED) is 0.810. The van der Waals surface area contributed by atoms with Crippen molar-refractivity contribution < 1.29 is 9.53 Å². The lowest BCUT2D eigenvalue weighted by atomic mass is 9.89. The minimum atomic E-state index is -0.314. The molecule has 1 aromatic carbocycles. The lowest BCUT2D eigenvalue weighted by Gasteiger charge is -2.36. The predicted octanol–water partition coefficient (Wildman–Crippen LogP) is 2.82. The van der Waals surface area contributed by atoms with Gasteiger partial charge in [0, 0.05) is 13.2 Å². The van der Waals surface area contributed by atoms with Crippen LogP contribution < -0.4 is 0 Å². The molecule has 1 atom stereocenters. The van der Waals surface area contributed by atoms with Gasteiger partial charge in [-0.3, -0.25) is 9.58 Å². The number of benzene rings is 1. The molecule has 2 aromatic rings. The van der Waals surface area contributed by atoms with Crippen LogP contribution in [0.1, 0.15) is 41.5 Å². The average Bonchev–Trinajstić information content (AvgIpc) is 3.03. The van der Waals surface area contributed by atoms with E-state index in [0.717, 1.165) is 37.1 Å². The molecule has 128 valence electrons. The number of esters is 1. The molecule has 5 nitrogen and oxygen atoms in total. The van der Waals surface area contributed by atoms with Gasteiger partial charge < -0.3 is 4.74 Å². The first kappa shape index (κ1) is 16.7. The van der Waals surface area contributed by atoms with Crippen LogP contribution in [-0.4, -0.2) is 40.8 Å². The van der Waals surface area contributed by atoms with Crippen molar-refractivity contribution in [2.24, 2.45) is 7.05 Å². The molecule has 3 rings (SSSR count). The topological polar surface area (TPSA) is 47.4 Å². The summed E-state index contributed by atoms with van der Waals surface area (Å²) in [6.07, 6.45) is 6.12. The number of ether oxygens (including phenoxy) is 1. The largest absolute Gasteiger partial charge is 0.468 e. The van der Waals surface area contributed by atoms with Crippen molar-refractivity contribution in [3.8, 4) is 0 Å². The number of likely N-dealkylation sites (tertiary alicyclic amines) is 1. The standard InChI is InChI=1S/C19H25N3O2/c1-14-6-4-5-7-17(14)18(19(23)24-3)22-10-8-15(9-11-22)16-12-20-21(2)13-16/h4-7,12-13,15,18H,8-11H2,1-3H3/t18-/m1/s1. The van der Waals surface area contributed by atoms with E-state index in [-0.39, 0.29) is 12.0 Å². The molecule has 0 bridgehead atoms. The number of rotatable bonds is 4. The molecule has 0 amide bonds. The Bertz CT molecular complexity index is 702. The molecule has 24 heavy (non-hydrogen) atoms. The molecular formula is C19H25N3O2. The Hall–Kier alpha value is -2.14. The Kier molecular flexibility index (Phi) is 5.00. The second-order valence-corrected chi connectivity index (χ2v) is 6.54. The lowest BCUT2D eigenvalue weighted by molar-refractivity contribution is -0.147. The molecule has 0 radical (unpaired) electrons. The second kappa shape index (κ2) is 7.18. The summed E-state index contributed by atoms with van der Waals surface area (Å²) in [5.74, 6) is 0.342. The van der Waals surface area contributed by atoms with E-state index < -0.39 is 0 Å². The molecule has 0 spiro atoms. The van der Waals surface area contributed by atoms with E-state index >= 15 is 0 Å². The summed E-state index contributed by atoms with van der Waals surface area (Å²) in [5, 5.41) is 4.28. The molecule has 0 saturated carbocycles. The predicted molar refractivity (Wildman–Crippen MR) is 92.7 cm³/mol. The van der Waals surface area contributed by atoms with Gasteiger partial charge in [-0.25, -0.2) is 4.79 Å². The zero-order chi connectivity index (χ0) is 17.1. The zero-order valence-electron chi connectivity index (χ0n) is 14.6. The molecule has 1 saturated heterocycles. The minimum Gasteiger partial charge on any atom is -0.468 e. The fourth-order valence-corrected chi connectivity index (χ4v) is 3.62. The van der Waals surface area contributed by atoms with Gasteiger partial charge in [-0.15, -0.1) is 0 Å². The Morgan fingerprint density at radius 1 is 1.29 bits per heavy atom. The van der Waals surface area contributed by atoms with Gasteiger partial charge in [0.1, 0.15) is 6.04 Å². The van der Waals surface area contributed by atoms with Crippen LogP contribution in [0.15, 0.2) is 36.7 Å². The van der Waals surface area contributed by atoms with E-state index in [2.05, 4.69) is 16.2 Å². The maximum Gasteiger partial charge on any atom is 0.327 e. The van der Waals surface area contributed by atoms with Crippen LogP contribution in [0.5, 0.6) is 0 Å². The Balaban J connectivity index is 1.76. The molecule has 2 heterocycles. The van der Waals surface area contributed by atoms with Gasteiger partial charge in [0.25, 0.3) is 0 Å². The molecule has 5 heteroatoms. The van der Waals surface area contributed by atoms with Crippen LogP contribution in [0.25, 0.3) is 0 Å². The summed E-state index contributed by atoms with van der Waals surface area (Å²) in [4.78, 5) is 14.7. The van der Waals surface area contributed by atoms with Gasteiger partial charge in [0.05, 0.1) is 13.3 Å². The third kappa shape index (κ3) is 3.36. The monoisotopic (exact) mass is 327 g/mol. The van der Waals surface area contributed by atoms with E-state index in [0.29, 0.717) is 5.92 Å². The zero-order valence-corrected chi connectivity index (χ0v) is 14.6. The maximum atomic E-state index is 12.4. The highest BCUT2D eigenvalue weighted by Gasteiger charge is 2.33. The van der Waals surface area contributed by atoms with Gasteiger partial charge in [-0.05, 0) is 55.5 Å². The fourth-order valence-electron chi connectivity index (χ4n) is 3.62. The van der Waals surface area contributed by atoms with E-state index in [1.54, 1.807) is 0 Å². The van der Waals surface area contributed by atoms with Gasteiger partial charge in [-0.1, -0.05) is 24.3 Å². The highest BCUT2D eigenvalue weighted by molar-refractivity contribution is 5.78. The minimum absolute atomic E-state index is 0.177. The van der Waals surface area contributed by atoms with E-state index in [1.807, 2.05) is 49.1 Å². The Morgan fingerprint density at radius 2 is 2.00 bits per heavy atom. The van der Waals surface area contributed by atoms with E-state index in [9.17, 15) is 4.79 Å². The number of hydrogen-bond acceptors (Lipinski definition) is 4. The van der Waals surface area contributed by atoms with Gasteiger partial charge in [-0.2, -0.15) is 5.10 Å². The first-order valence-electron chi connectivity index (χ1n) is 8.46.